The van der Waals surface area contributed by atoms with E-state index in [9.17, 15) is 9.59 Å². The molecule has 1 fully saturated rings. The van der Waals surface area contributed by atoms with Crippen LogP contribution in [0.2, 0.25) is 0 Å². The SMILES string of the molecule is CC(=O)N1CCN(C(=O)CN(C)C(C)CO)CC1. The molecule has 0 radical (unpaired) electrons. The zero-order chi connectivity index (χ0) is 13.7. The van der Waals surface area contributed by atoms with Crippen molar-refractivity contribution in [3.05, 3.63) is 0 Å². The number of hydrogen-bond donors (Lipinski definition) is 1. The molecule has 1 aliphatic rings. The highest BCUT2D eigenvalue weighted by atomic mass is 16.3. The highest BCUT2D eigenvalue weighted by Crippen LogP contribution is 2.04. The van der Waals surface area contributed by atoms with Gasteiger partial charge in [-0.05, 0) is 14.0 Å². The van der Waals surface area contributed by atoms with E-state index in [4.69, 9.17) is 5.11 Å². The number of likely N-dealkylation sites (N-methyl/N-ethyl adjacent to an activating group) is 1. The summed E-state index contributed by atoms with van der Waals surface area (Å²) in [6.07, 6.45) is 0. The van der Waals surface area contributed by atoms with Gasteiger partial charge in [0.05, 0.1) is 13.2 Å². The second kappa shape index (κ2) is 6.70. The van der Waals surface area contributed by atoms with Crippen LogP contribution in [0.3, 0.4) is 0 Å². The van der Waals surface area contributed by atoms with Crippen LogP contribution in [-0.4, -0.2) is 84.0 Å². The van der Waals surface area contributed by atoms with Crippen molar-refractivity contribution in [2.24, 2.45) is 0 Å². The van der Waals surface area contributed by atoms with Gasteiger partial charge in [-0.2, -0.15) is 0 Å². The summed E-state index contributed by atoms with van der Waals surface area (Å²) in [5, 5.41) is 9.01. The molecule has 1 rings (SSSR count). The zero-order valence-electron chi connectivity index (χ0n) is 11.4. The number of carbonyl (C=O) groups is 2. The first-order valence-corrected chi connectivity index (χ1v) is 6.30. The van der Waals surface area contributed by atoms with E-state index in [1.54, 1.807) is 16.7 Å². The molecular formula is C12H23N3O3. The summed E-state index contributed by atoms with van der Waals surface area (Å²) in [6, 6.07) is -0.0209. The van der Waals surface area contributed by atoms with Crippen molar-refractivity contribution in [2.75, 3.05) is 46.4 Å². The van der Waals surface area contributed by atoms with Gasteiger partial charge >= 0.3 is 0 Å². The lowest BCUT2D eigenvalue weighted by Crippen LogP contribution is -2.52. The van der Waals surface area contributed by atoms with Crippen LogP contribution in [-0.2, 0) is 9.59 Å². The second-order valence-electron chi connectivity index (χ2n) is 4.83. The summed E-state index contributed by atoms with van der Waals surface area (Å²) in [5.74, 6) is 0.120. The first kappa shape index (κ1) is 14.9. The van der Waals surface area contributed by atoms with E-state index >= 15 is 0 Å². The molecule has 0 aromatic carbocycles. The summed E-state index contributed by atoms with van der Waals surface area (Å²) in [4.78, 5) is 28.5. The zero-order valence-corrected chi connectivity index (χ0v) is 11.4. The topological polar surface area (TPSA) is 64.1 Å². The number of amides is 2. The smallest absolute Gasteiger partial charge is 0.236 e. The van der Waals surface area contributed by atoms with Crippen LogP contribution < -0.4 is 0 Å². The fourth-order valence-corrected chi connectivity index (χ4v) is 1.88. The number of carbonyl (C=O) groups excluding carboxylic acids is 2. The Kier molecular flexibility index (Phi) is 5.55. The third-order valence-corrected chi connectivity index (χ3v) is 3.48. The Balaban J connectivity index is 2.38. The Hall–Kier alpha value is -1.14. The minimum Gasteiger partial charge on any atom is -0.395 e. The average Bonchev–Trinajstić information content (AvgIpc) is 2.37. The third kappa shape index (κ3) is 3.96. The molecule has 0 saturated carbocycles. The molecule has 1 N–H and O–H groups in total. The summed E-state index contributed by atoms with van der Waals surface area (Å²) >= 11 is 0. The quantitative estimate of drug-likeness (QED) is 0.701. The summed E-state index contributed by atoms with van der Waals surface area (Å²) in [7, 11) is 1.82. The largest absolute Gasteiger partial charge is 0.395 e. The second-order valence-corrected chi connectivity index (χ2v) is 4.83. The van der Waals surface area contributed by atoms with Crippen molar-refractivity contribution < 1.29 is 14.7 Å². The summed E-state index contributed by atoms with van der Waals surface area (Å²) < 4.78 is 0. The molecular weight excluding hydrogens is 234 g/mol. The number of aliphatic hydroxyl groups excluding tert-OH is 1. The van der Waals surface area contributed by atoms with Crippen LogP contribution in [0.1, 0.15) is 13.8 Å². The molecule has 1 heterocycles. The monoisotopic (exact) mass is 257 g/mol. The number of nitrogens with zero attached hydrogens (tertiary/aromatic N) is 3. The number of aliphatic hydroxyl groups is 1. The Morgan fingerprint density at radius 3 is 2.17 bits per heavy atom. The van der Waals surface area contributed by atoms with Crippen molar-refractivity contribution in [3.8, 4) is 0 Å². The summed E-state index contributed by atoms with van der Waals surface area (Å²) in [5.41, 5.74) is 0. The minimum atomic E-state index is -0.0209. The van der Waals surface area contributed by atoms with Crippen LogP contribution in [0, 0.1) is 0 Å². The van der Waals surface area contributed by atoms with Crippen LogP contribution in [0.5, 0.6) is 0 Å². The Labute approximate surface area is 108 Å². The minimum absolute atomic E-state index is 0.0209. The van der Waals surface area contributed by atoms with E-state index in [1.807, 2.05) is 18.9 Å². The molecule has 0 aromatic heterocycles. The molecule has 6 nitrogen and oxygen atoms in total. The fourth-order valence-electron chi connectivity index (χ4n) is 1.88. The lowest BCUT2D eigenvalue weighted by molar-refractivity contribution is -0.139. The molecule has 2 amide bonds. The molecule has 0 spiro atoms. The van der Waals surface area contributed by atoms with E-state index in [1.165, 1.54) is 0 Å². The molecule has 1 unspecified atom stereocenters. The van der Waals surface area contributed by atoms with Crippen LogP contribution >= 0.6 is 0 Å². The summed E-state index contributed by atoms with van der Waals surface area (Å²) in [6.45, 7) is 6.19. The lowest BCUT2D eigenvalue weighted by Gasteiger charge is -2.35. The lowest BCUT2D eigenvalue weighted by atomic mass is 10.2. The maximum Gasteiger partial charge on any atom is 0.236 e. The van der Waals surface area contributed by atoms with E-state index in [-0.39, 0.29) is 24.5 Å². The van der Waals surface area contributed by atoms with Gasteiger partial charge in [-0.25, -0.2) is 0 Å². The van der Waals surface area contributed by atoms with Gasteiger partial charge in [0, 0.05) is 39.1 Å². The molecule has 1 saturated heterocycles. The van der Waals surface area contributed by atoms with Crippen molar-refractivity contribution in [2.45, 2.75) is 19.9 Å². The number of hydrogen-bond acceptors (Lipinski definition) is 4. The van der Waals surface area contributed by atoms with Crippen LogP contribution in [0.4, 0.5) is 0 Å². The molecule has 104 valence electrons. The molecule has 1 atom stereocenters. The van der Waals surface area contributed by atoms with E-state index in [0.717, 1.165) is 0 Å². The van der Waals surface area contributed by atoms with Gasteiger partial charge in [0.15, 0.2) is 0 Å². The highest BCUT2D eigenvalue weighted by molar-refractivity contribution is 5.79. The third-order valence-electron chi connectivity index (χ3n) is 3.48. The van der Waals surface area contributed by atoms with E-state index in [0.29, 0.717) is 32.7 Å². The molecule has 6 heteroatoms. The average molecular weight is 257 g/mol. The Morgan fingerprint density at radius 2 is 1.72 bits per heavy atom. The number of piperazine rings is 1. The first-order valence-electron chi connectivity index (χ1n) is 6.30. The van der Waals surface area contributed by atoms with Gasteiger partial charge in [0.2, 0.25) is 11.8 Å². The maximum atomic E-state index is 12.0. The van der Waals surface area contributed by atoms with Gasteiger partial charge in [0.25, 0.3) is 0 Å². The van der Waals surface area contributed by atoms with Crippen molar-refractivity contribution in [3.63, 3.8) is 0 Å². The molecule has 0 aromatic rings. The van der Waals surface area contributed by atoms with Crippen molar-refractivity contribution in [1.82, 2.24) is 14.7 Å². The Bertz CT molecular complexity index is 301. The van der Waals surface area contributed by atoms with E-state index in [2.05, 4.69) is 0 Å². The standard InChI is InChI=1S/C12H23N3O3/c1-10(9-16)13(3)8-12(18)15-6-4-14(5-7-15)11(2)17/h10,16H,4-9H2,1-3H3. The number of rotatable bonds is 4. The van der Waals surface area contributed by atoms with Crippen molar-refractivity contribution >= 4 is 11.8 Å². The van der Waals surface area contributed by atoms with Gasteiger partial charge in [0.1, 0.15) is 0 Å². The van der Waals surface area contributed by atoms with Crippen LogP contribution in [0.15, 0.2) is 0 Å². The van der Waals surface area contributed by atoms with Crippen molar-refractivity contribution in [1.29, 1.82) is 0 Å². The predicted molar refractivity (Wildman–Crippen MR) is 68.0 cm³/mol. The maximum absolute atomic E-state index is 12.0. The normalized spacial score (nSPS) is 18.1. The predicted octanol–water partition coefficient (Wildman–Crippen LogP) is -1.01. The first-order chi connectivity index (χ1) is 8.45. The fraction of sp³-hybridized carbons (Fsp3) is 0.833. The Morgan fingerprint density at radius 1 is 1.22 bits per heavy atom. The van der Waals surface area contributed by atoms with Gasteiger partial charge < -0.3 is 14.9 Å². The molecule has 0 bridgehead atoms. The van der Waals surface area contributed by atoms with Gasteiger partial charge in [-0.15, -0.1) is 0 Å². The van der Waals surface area contributed by atoms with Crippen LogP contribution in [0.25, 0.3) is 0 Å². The van der Waals surface area contributed by atoms with Gasteiger partial charge in [-0.1, -0.05) is 0 Å². The van der Waals surface area contributed by atoms with E-state index < -0.39 is 0 Å². The molecule has 1 aliphatic heterocycles. The van der Waals surface area contributed by atoms with Gasteiger partial charge in [-0.3, -0.25) is 14.5 Å². The molecule has 18 heavy (non-hydrogen) atoms. The highest BCUT2D eigenvalue weighted by Gasteiger charge is 2.23. The molecule has 0 aliphatic carbocycles.